The van der Waals surface area contributed by atoms with E-state index >= 15 is 0 Å². The summed E-state index contributed by atoms with van der Waals surface area (Å²) in [5.74, 6) is -0.216. The predicted octanol–water partition coefficient (Wildman–Crippen LogP) is 3.14. The number of rotatable bonds is 11. The maximum atomic E-state index is 11.9. The highest BCUT2D eigenvalue weighted by Gasteiger charge is 2.41. The van der Waals surface area contributed by atoms with Crippen LogP contribution in [0.3, 0.4) is 0 Å². The summed E-state index contributed by atoms with van der Waals surface area (Å²) < 4.78 is 6.00. The van der Waals surface area contributed by atoms with Gasteiger partial charge in [0.15, 0.2) is 0 Å². The van der Waals surface area contributed by atoms with Crippen LogP contribution in [0, 0.1) is 0 Å². The molecule has 4 nitrogen and oxygen atoms in total. The number of ether oxygens (including phenoxy) is 1. The molecular formula is C17H34N2O2. The van der Waals surface area contributed by atoms with Crippen LogP contribution in [0.2, 0.25) is 0 Å². The second-order valence-corrected chi connectivity index (χ2v) is 6.38. The van der Waals surface area contributed by atoms with Crippen molar-refractivity contribution in [2.45, 2.75) is 89.7 Å². The number of primary amides is 1. The number of nitrogens with one attached hydrogen (secondary N) is 1. The van der Waals surface area contributed by atoms with Gasteiger partial charge in [0.25, 0.3) is 0 Å². The van der Waals surface area contributed by atoms with Gasteiger partial charge in [-0.1, -0.05) is 39.5 Å². The zero-order valence-corrected chi connectivity index (χ0v) is 14.0. The van der Waals surface area contributed by atoms with Gasteiger partial charge in [0.1, 0.15) is 5.54 Å². The fourth-order valence-electron chi connectivity index (χ4n) is 3.16. The number of carbonyl (C=O) groups is 1. The number of nitrogens with two attached hydrogens (primary N) is 1. The largest absolute Gasteiger partial charge is 0.378 e. The molecule has 21 heavy (non-hydrogen) atoms. The summed E-state index contributed by atoms with van der Waals surface area (Å²) in [4.78, 5) is 11.9. The average Bonchev–Trinajstić information content (AvgIpc) is 2.49. The molecule has 1 rings (SSSR count). The van der Waals surface area contributed by atoms with Crippen LogP contribution in [0.1, 0.15) is 78.1 Å². The Morgan fingerprint density at radius 3 is 2.67 bits per heavy atom. The average molecular weight is 298 g/mol. The molecule has 0 aromatic rings. The zero-order chi connectivity index (χ0) is 15.6. The second-order valence-electron chi connectivity index (χ2n) is 6.38. The standard InChI is InChI=1S/C17H34N2O2/c1-3-5-6-7-8-13-21-15-10-9-11-17(14-15,16(18)20)19-12-4-2/h15,19H,3-14H2,1-2H3,(H2,18,20). The number of amides is 1. The van der Waals surface area contributed by atoms with E-state index in [2.05, 4.69) is 19.2 Å². The molecule has 1 saturated carbocycles. The van der Waals surface area contributed by atoms with E-state index in [1.807, 2.05) is 0 Å². The topological polar surface area (TPSA) is 64.3 Å². The lowest BCUT2D eigenvalue weighted by Crippen LogP contribution is -2.59. The number of hydrogen-bond donors (Lipinski definition) is 2. The molecule has 0 aromatic heterocycles. The molecule has 0 radical (unpaired) electrons. The van der Waals surface area contributed by atoms with Crippen LogP contribution in [-0.2, 0) is 9.53 Å². The first kappa shape index (κ1) is 18.4. The van der Waals surface area contributed by atoms with Crippen molar-refractivity contribution >= 4 is 5.91 Å². The summed E-state index contributed by atoms with van der Waals surface area (Å²) in [6.45, 7) is 5.99. The van der Waals surface area contributed by atoms with Gasteiger partial charge in [-0.05, 0) is 38.6 Å². The van der Waals surface area contributed by atoms with E-state index in [-0.39, 0.29) is 12.0 Å². The van der Waals surface area contributed by atoms with E-state index in [4.69, 9.17) is 10.5 Å². The minimum atomic E-state index is -0.541. The van der Waals surface area contributed by atoms with Crippen molar-refractivity contribution in [1.29, 1.82) is 0 Å². The summed E-state index contributed by atoms with van der Waals surface area (Å²) in [7, 11) is 0. The lowest BCUT2D eigenvalue weighted by Gasteiger charge is -2.39. The number of hydrogen-bond acceptors (Lipinski definition) is 3. The van der Waals surface area contributed by atoms with Gasteiger partial charge in [-0.2, -0.15) is 0 Å². The van der Waals surface area contributed by atoms with E-state index in [1.54, 1.807) is 0 Å². The van der Waals surface area contributed by atoms with Crippen LogP contribution in [0.15, 0.2) is 0 Å². The monoisotopic (exact) mass is 298 g/mol. The van der Waals surface area contributed by atoms with Crippen molar-refractivity contribution in [2.24, 2.45) is 5.73 Å². The highest BCUT2D eigenvalue weighted by molar-refractivity contribution is 5.84. The van der Waals surface area contributed by atoms with Crippen LogP contribution in [-0.4, -0.2) is 30.7 Å². The van der Waals surface area contributed by atoms with Gasteiger partial charge in [0.2, 0.25) is 5.91 Å². The summed E-state index contributed by atoms with van der Waals surface area (Å²) in [5.41, 5.74) is 5.12. The molecule has 124 valence electrons. The number of unbranched alkanes of at least 4 members (excludes halogenated alkanes) is 4. The molecule has 0 aliphatic heterocycles. The second kappa shape index (κ2) is 10.2. The molecule has 0 saturated heterocycles. The molecule has 3 N–H and O–H groups in total. The highest BCUT2D eigenvalue weighted by Crippen LogP contribution is 2.30. The Labute approximate surface area is 130 Å². The van der Waals surface area contributed by atoms with Crippen LogP contribution in [0.4, 0.5) is 0 Å². The van der Waals surface area contributed by atoms with Crippen molar-refractivity contribution in [3.63, 3.8) is 0 Å². The van der Waals surface area contributed by atoms with Gasteiger partial charge in [0, 0.05) is 13.0 Å². The Bertz CT molecular complexity index is 297. The molecule has 2 atom stereocenters. The third kappa shape index (κ3) is 6.35. The van der Waals surface area contributed by atoms with E-state index < -0.39 is 5.54 Å². The maximum absolute atomic E-state index is 11.9. The van der Waals surface area contributed by atoms with Crippen molar-refractivity contribution in [3.8, 4) is 0 Å². The first-order chi connectivity index (χ1) is 10.1. The minimum absolute atomic E-state index is 0.182. The maximum Gasteiger partial charge on any atom is 0.237 e. The molecule has 0 heterocycles. The summed E-state index contributed by atoms with van der Waals surface area (Å²) >= 11 is 0. The van der Waals surface area contributed by atoms with E-state index in [1.165, 1.54) is 25.7 Å². The fraction of sp³-hybridized carbons (Fsp3) is 0.941. The van der Waals surface area contributed by atoms with Gasteiger partial charge in [-0.15, -0.1) is 0 Å². The van der Waals surface area contributed by atoms with Crippen LogP contribution >= 0.6 is 0 Å². The Kier molecular flexibility index (Phi) is 8.93. The van der Waals surface area contributed by atoms with Crippen LogP contribution < -0.4 is 11.1 Å². The third-order valence-electron chi connectivity index (χ3n) is 4.49. The van der Waals surface area contributed by atoms with Gasteiger partial charge in [-0.3, -0.25) is 4.79 Å². The molecule has 1 amide bonds. The summed E-state index contributed by atoms with van der Waals surface area (Å²) in [5, 5.41) is 3.38. The van der Waals surface area contributed by atoms with Gasteiger partial charge < -0.3 is 15.8 Å². The SMILES string of the molecule is CCCCCCCOC1CCCC(NCCC)(C(N)=O)C1. The smallest absolute Gasteiger partial charge is 0.237 e. The lowest BCUT2D eigenvalue weighted by molar-refractivity contribution is -0.128. The Hall–Kier alpha value is -0.610. The molecule has 4 heteroatoms. The Morgan fingerprint density at radius 2 is 2.00 bits per heavy atom. The summed E-state index contributed by atoms with van der Waals surface area (Å²) in [6, 6.07) is 0. The van der Waals surface area contributed by atoms with E-state index in [9.17, 15) is 4.79 Å². The summed E-state index contributed by atoms with van der Waals surface area (Å²) in [6.07, 6.45) is 11.1. The Balaban J connectivity index is 2.34. The molecule has 0 bridgehead atoms. The molecule has 1 aliphatic rings. The molecule has 2 unspecified atom stereocenters. The highest BCUT2D eigenvalue weighted by atomic mass is 16.5. The van der Waals surface area contributed by atoms with Crippen molar-refractivity contribution in [2.75, 3.05) is 13.2 Å². The lowest BCUT2D eigenvalue weighted by atomic mass is 9.79. The molecular weight excluding hydrogens is 264 g/mol. The Morgan fingerprint density at radius 1 is 1.24 bits per heavy atom. The van der Waals surface area contributed by atoms with Crippen molar-refractivity contribution < 1.29 is 9.53 Å². The first-order valence-electron chi connectivity index (χ1n) is 8.81. The molecule has 0 spiro atoms. The normalized spacial score (nSPS) is 25.9. The van der Waals surface area contributed by atoms with Gasteiger partial charge in [0.05, 0.1) is 6.10 Å². The van der Waals surface area contributed by atoms with E-state index in [0.717, 1.165) is 51.7 Å². The minimum Gasteiger partial charge on any atom is -0.378 e. The zero-order valence-electron chi connectivity index (χ0n) is 14.0. The van der Waals surface area contributed by atoms with Crippen molar-refractivity contribution in [3.05, 3.63) is 0 Å². The quantitative estimate of drug-likeness (QED) is 0.576. The predicted molar refractivity (Wildman–Crippen MR) is 87.2 cm³/mol. The number of carbonyl (C=O) groups excluding carboxylic acids is 1. The van der Waals surface area contributed by atoms with Gasteiger partial charge in [-0.25, -0.2) is 0 Å². The van der Waals surface area contributed by atoms with Gasteiger partial charge >= 0.3 is 0 Å². The fourth-order valence-corrected chi connectivity index (χ4v) is 3.16. The molecule has 1 aliphatic carbocycles. The van der Waals surface area contributed by atoms with E-state index in [0.29, 0.717) is 0 Å². The van der Waals surface area contributed by atoms with Crippen molar-refractivity contribution in [1.82, 2.24) is 5.32 Å². The van der Waals surface area contributed by atoms with Crippen LogP contribution in [0.25, 0.3) is 0 Å². The molecule has 0 aromatic carbocycles. The molecule has 1 fully saturated rings. The first-order valence-corrected chi connectivity index (χ1v) is 8.81. The third-order valence-corrected chi connectivity index (χ3v) is 4.49. The van der Waals surface area contributed by atoms with Crippen LogP contribution in [0.5, 0.6) is 0 Å².